The highest BCUT2D eigenvalue weighted by Crippen LogP contribution is 2.29. The maximum Gasteiger partial charge on any atom is 0.416 e. The second-order valence-electron chi connectivity index (χ2n) is 4.66. The van der Waals surface area contributed by atoms with Gasteiger partial charge in [0.1, 0.15) is 5.75 Å². The molecule has 126 valence electrons. The van der Waals surface area contributed by atoms with E-state index in [-0.39, 0.29) is 5.75 Å². The highest BCUT2D eigenvalue weighted by Gasteiger charge is 2.29. The van der Waals surface area contributed by atoms with Crippen molar-refractivity contribution >= 4 is 12.2 Å². The summed E-state index contributed by atoms with van der Waals surface area (Å²) in [6.07, 6.45) is -3.76. The van der Waals surface area contributed by atoms with Gasteiger partial charge in [-0.25, -0.2) is 0 Å². The minimum atomic E-state index is -4.39. The summed E-state index contributed by atoms with van der Waals surface area (Å²) in [5.41, 5.74) is 0.445. The van der Waals surface area contributed by atoms with Gasteiger partial charge in [-0.3, -0.25) is 0 Å². The summed E-state index contributed by atoms with van der Waals surface area (Å²) in [6.45, 7) is 0. The maximum absolute atomic E-state index is 12.6. The Bertz CT molecular complexity index is 738. The van der Waals surface area contributed by atoms with Crippen molar-refractivity contribution in [3.8, 4) is 5.75 Å². The lowest BCUT2D eigenvalue weighted by Gasteiger charge is -2.06. The van der Waals surface area contributed by atoms with Crippen LogP contribution in [0.2, 0.25) is 0 Å². The van der Waals surface area contributed by atoms with E-state index in [4.69, 9.17) is 0 Å². The van der Waals surface area contributed by atoms with Crippen LogP contribution in [0.15, 0.2) is 60.6 Å². The van der Waals surface area contributed by atoms with Gasteiger partial charge in [-0.2, -0.15) is 26.3 Å². The SMILES string of the molecule is FC(F)=C(F)Oc1ccc(/C=C/c2ccc(C(F)(F)F)cc2)cc1. The van der Waals surface area contributed by atoms with Gasteiger partial charge in [0.05, 0.1) is 5.56 Å². The summed E-state index contributed by atoms with van der Waals surface area (Å²) in [5.74, 6) is -0.105. The largest absolute Gasteiger partial charge is 0.428 e. The standard InChI is InChI=1S/C17H10F6O/c18-15(19)16(20)24-14-9-5-12(6-10-14)2-1-11-3-7-13(8-4-11)17(21,22)23/h1-10H/b2-1+. The Morgan fingerprint density at radius 1 is 0.750 bits per heavy atom. The van der Waals surface area contributed by atoms with Crippen LogP contribution < -0.4 is 4.74 Å². The Kier molecular flexibility index (Phi) is 5.33. The molecule has 0 radical (unpaired) electrons. The van der Waals surface area contributed by atoms with E-state index in [0.29, 0.717) is 11.1 Å². The number of alkyl halides is 3. The lowest BCUT2D eigenvalue weighted by atomic mass is 10.1. The first-order valence-electron chi connectivity index (χ1n) is 6.60. The molecule has 7 heteroatoms. The van der Waals surface area contributed by atoms with Crippen LogP contribution in [0.4, 0.5) is 26.3 Å². The summed E-state index contributed by atoms with van der Waals surface area (Å²) >= 11 is 0. The Balaban J connectivity index is 2.05. The van der Waals surface area contributed by atoms with Gasteiger partial charge < -0.3 is 4.74 Å². The molecule has 0 bridgehead atoms. The molecule has 0 saturated carbocycles. The minimum Gasteiger partial charge on any atom is -0.428 e. The molecule has 1 nitrogen and oxygen atoms in total. The molecule has 0 fully saturated rings. The number of hydrogen-bond acceptors (Lipinski definition) is 1. The van der Waals surface area contributed by atoms with Crippen LogP contribution in [0.5, 0.6) is 5.75 Å². The van der Waals surface area contributed by atoms with E-state index in [1.165, 1.54) is 36.4 Å². The summed E-state index contributed by atoms with van der Waals surface area (Å²) in [6, 6.07) is 8.15. The van der Waals surface area contributed by atoms with E-state index in [0.717, 1.165) is 12.1 Å². The number of rotatable bonds is 4. The van der Waals surface area contributed by atoms with Gasteiger partial charge in [0.25, 0.3) is 0 Å². The second kappa shape index (κ2) is 7.25. The van der Waals surface area contributed by atoms with Crippen LogP contribution >= 0.6 is 0 Å². The molecule has 0 aliphatic carbocycles. The Morgan fingerprint density at radius 3 is 1.62 bits per heavy atom. The lowest BCUT2D eigenvalue weighted by Crippen LogP contribution is -2.03. The van der Waals surface area contributed by atoms with E-state index in [2.05, 4.69) is 4.74 Å². The first-order valence-corrected chi connectivity index (χ1v) is 6.60. The first-order chi connectivity index (χ1) is 11.3. The predicted octanol–water partition coefficient (Wildman–Crippen LogP) is 6.29. The van der Waals surface area contributed by atoms with Gasteiger partial charge in [0, 0.05) is 0 Å². The minimum absolute atomic E-state index is 0.105. The lowest BCUT2D eigenvalue weighted by molar-refractivity contribution is -0.137. The van der Waals surface area contributed by atoms with Crippen LogP contribution in [0.1, 0.15) is 16.7 Å². The summed E-state index contributed by atoms with van der Waals surface area (Å²) in [4.78, 5) is 0. The van der Waals surface area contributed by atoms with E-state index < -0.39 is 23.8 Å². The molecule has 0 aromatic heterocycles. The molecule has 0 aliphatic rings. The second-order valence-corrected chi connectivity index (χ2v) is 4.66. The van der Waals surface area contributed by atoms with Gasteiger partial charge in [-0.1, -0.05) is 36.4 Å². The molecule has 0 amide bonds. The van der Waals surface area contributed by atoms with Gasteiger partial charge in [-0.15, -0.1) is 0 Å². The zero-order chi connectivity index (χ0) is 17.7. The molecule has 2 aromatic carbocycles. The molecule has 0 spiro atoms. The quantitative estimate of drug-likeness (QED) is 0.360. The Morgan fingerprint density at radius 2 is 1.21 bits per heavy atom. The number of ether oxygens (including phenoxy) is 1. The highest BCUT2D eigenvalue weighted by molar-refractivity contribution is 5.69. The van der Waals surface area contributed by atoms with E-state index in [1.807, 2.05) is 0 Å². The van der Waals surface area contributed by atoms with Crippen LogP contribution in [0, 0.1) is 0 Å². The van der Waals surface area contributed by atoms with Crippen LogP contribution in [-0.2, 0) is 6.18 Å². The summed E-state index contributed by atoms with van der Waals surface area (Å²) in [7, 11) is 0. The van der Waals surface area contributed by atoms with Crippen LogP contribution in [0.3, 0.4) is 0 Å². The van der Waals surface area contributed by atoms with Crippen molar-refractivity contribution in [3.63, 3.8) is 0 Å². The van der Waals surface area contributed by atoms with Crippen molar-refractivity contribution in [1.82, 2.24) is 0 Å². The molecule has 0 unspecified atom stereocenters. The molecular weight excluding hydrogens is 334 g/mol. The van der Waals surface area contributed by atoms with E-state index in [1.54, 1.807) is 12.2 Å². The highest BCUT2D eigenvalue weighted by atomic mass is 19.4. The van der Waals surface area contributed by atoms with E-state index >= 15 is 0 Å². The fourth-order valence-electron chi connectivity index (χ4n) is 1.76. The fraction of sp³-hybridized carbons (Fsp3) is 0.0588. The van der Waals surface area contributed by atoms with Crippen molar-refractivity contribution in [2.45, 2.75) is 6.18 Å². The smallest absolute Gasteiger partial charge is 0.416 e. The maximum atomic E-state index is 12.6. The Labute approximate surface area is 133 Å². The van der Waals surface area contributed by atoms with Gasteiger partial charge in [0.15, 0.2) is 0 Å². The average Bonchev–Trinajstić information content (AvgIpc) is 2.53. The normalized spacial score (nSPS) is 11.6. The Hall–Kier alpha value is -2.70. The topological polar surface area (TPSA) is 9.23 Å². The predicted molar refractivity (Wildman–Crippen MR) is 77.8 cm³/mol. The summed E-state index contributed by atoms with van der Waals surface area (Å²) < 4.78 is 78.0. The van der Waals surface area contributed by atoms with Crippen molar-refractivity contribution in [1.29, 1.82) is 0 Å². The number of hydrogen-bond donors (Lipinski definition) is 0. The zero-order valence-corrected chi connectivity index (χ0v) is 11.9. The molecule has 0 saturated heterocycles. The molecule has 0 aliphatic heterocycles. The van der Waals surface area contributed by atoms with Crippen molar-refractivity contribution < 1.29 is 31.1 Å². The van der Waals surface area contributed by atoms with Crippen molar-refractivity contribution in [2.24, 2.45) is 0 Å². The van der Waals surface area contributed by atoms with E-state index in [9.17, 15) is 26.3 Å². The molecule has 2 aromatic rings. The van der Waals surface area contributed by atoms with Gasteiger partial charge >= 0.3 is 18.3 Å². The molecule has 24 heavy (non-hydrogen) atoms. The monoisotopic (exact) mass is 344 g/mol. The number of benzene rings is 2. The third-order valence-electron chi connectivity index (χ3n) is 2.94. The summed E-state index contributed by atoms with van der Waals surface area (Å²) in [5, 5.41) is 0. The third kappa shape index (κ3) is 4.91. The fourth-order valence-corrected chi connectivity index (χ4v) is 1.76. The van der Waals surface area contributed by atoms with Crippen LogP contribution in [-0.4, -0.2) is 0 Å². The van der Waals surface area contributed by atoms with Gasteiger partial charge in [0.2, 0.25) is 0 Å². The molecular formula is C17H10F6O. The average molecular weight is 344 g/mol. The van der Waals surface area contributed by atoms with Crippen molar-refractivity contribution in [3.05, 3.63) is 77.3 Å². The first kappa shape index (κ1) is 17.7. The molecule has 0 heterocycles. The van der Waals surface area contributed by atoms with Crippen molar-refractivity contribution in [2.75, 3.05) is 0 Å². The van der Waals surface area contributed by atoms with Crippen LogP contribution in [0.25, 0.3) is 12.2 Å². The third-order valence-corrected chi connectivity index (χ3v) is 2.94. The number of halogens is 6. The molecule has 2 rings (SSSR count). The zero-order valence-electron chi connectivity index (χ0n) is 11.9. The molecule has 0 atom stereocenters. The molecule has 0 N–H and O–H groups in total. The van der Waals surface area contributed by atoms with Gasteiger partial charge in [-0.05, 0) is 35.4 Å².